The van der Waals surface area contributed by atoms with E-state index in [-0.39, 0.29) is 12.5 Å². The number of nitrogens with one attached hydrogen (secondary N) is 1. The second-order valence-corrected chi connectivity index (χ2v) is 6.24. The van der Waals surface area contributed by atoms with E-state index in [1.807, 2.05) is 19.1 Å². The topological polar surface area (TPSA) is 50.7 Å². The molecule has 0 aromatic heterocycles. The molecule has 0 spiro atoms. The molecular weight excluding hydrogens is 276 g/mol. The minimum absolute atomic E-state index is 0.000825. The minimum atomic E-state index is -0.201. The number of hydrazone groups is 1. The van der Waals surface area contributed by atoms with Crippen molar-refractivity contribution in [2.75, 3.05) is 6.61 Å². The number of carbonyl (C=O) groups excluding carboxylic acids is 1. The van der Waals surface area contributed by atoms with Gasteiger partial charge in [0.1, 0.15) is 5.75 Å². The molecule has 0 bridgehead atoms. The van der Waals surface area contributed by atoms with Crippen LogP contribution in [-0.2, 0) is 4.79 Å². The van der Waals surface area contributed by atoms with Gasteiger partial charge in [-0.2, -0.15) is 5.10 Å². The van der Waals surface area contributed by atoms with Crippen LogP contribution in [0.3, 0.4) is 0 Å². The third-order valence-electron chi connectivity index (χ3n) is 4.01. The molecule has 0 heterocycles. The summed E-state index contributed by atoms with van der Waals surface area (Å²) in [5.74, 6) is 1.01. The molecule has 2 rings (SSSR count). The largest absolute Gasteiger partial charge is 0.483 e. The van der Waals surface area contributed by atoms with E-state index in [4.69, 9.17) is 4.74 Å². The molecule has 1 aliphatic rings. The van der Waals surface area contributed by atoms with Crippen LogP contribution >= 0.6 is 0 Å². The molecule has 0 saturated heterocycles. The summed E-state index contributed by atoms with van der Waals surface area (Å²) in [4.78, 5) is 11.8. The highest BCUT2D eigenvalue weighted by atomic mass is 16.5. The van der Waals surface area contributed by atoms with Crippen LogP contribution in [0.15, 0.2) is 23.3 Å². The number of amides is 1. The van der Waals surface area contributed by atoms with Gasteiger partial charge in [-0.25, -0.2) is 5.43 Å². The fraction of sp³-hybridized carbons (Fsp3) is 0.556. The van der Waals surface area contributed by atoms with E-state index in [0.717, 1.165) is 29.9 Å². The summed E-state index contributed by atoms with van der Waals surface area (Å²) in [7, 11) is 0. The molecule has 1 aliphatic carbocycles. The van der Waals surface area contributed by atoms with Gasteiger partial charge in [-0.05, 0) is 55.7 Å². The van der Waals surface area contributed by atoms with Crippen molar-refractivity contribution in [2.24, 2.45) is 5.10 Å². The third-order valence-corrected chi connectivity index (χ3v) is 4.01. The molecule has 4 heteroatoms. The SMILES string of the molecule is Cc1ccc(C(C)C)cc1OCC(=O)NN=C1CCCCC1. The Labute approximate surface area is 132 Å². The quantitative estimate of drug-likeness (QED) is 0.838. The summed E-state index contributed by atoms with van der Waals surface area (Å²) in [5, 5.41) is 4.20. The summed E-state index contributed by atoms with van der Waals surface area (Å²) in [6.45, 7) is 6.27. The summed E-state index contributed by atoms with van der Waals surface area (Å²) < 4.78 is 5.65. The van der Waals surface area contributed by atoms with Crippen molar-refractivity contribution in [1.82, 2.24) is 5.43 Å². The van der Waals surface area contributed by atoms with E-state index >= 15 is 0 Å². The average Bonchev–Trinajstić information content (AvgIpc) is 2.53. The Hall–Kier alpha value is -1.84. The lowest BCUT2D eigenvalue weighted by Gasteiger charge is -2.13. The zero-order chi connectivity index (χ0) is 15.9. The predicted molar refractivity (Wildman–Crippen MR) is 89.4 cm³/mol. The molecule has 1 fully saturated rings. The lowest BCUT2D eigenvalue weighted by molar-refractivity contribution is -0.123. The molecule has 0 radical (unpaired) electrons. The lowest BCUT2D eigenvalue weighted by atomic mass is 9.99. The first-order chi connectivity index (χ1) is 10.6. The summed E-state index contributed by atoms with van der Waals surface area (Å²) in [5.41, 5.74) is 5.95. The second-order valence-electron chi connectivity index (χ2n) is 6.24. The van der Waals surface area contributed by atoms with Gasteiger partial charge in [0.05, 0.1) is 0 Å². The summed E-state index contributed by atoms with van der Waals surface area (Å²) in [6.07, 6.45) is 5.60. The molecule has 4 nitrogen and oxygen atoms in total. The average molecular weight is 302 g/mol. The molecule has 22 heavy (non-hydrogen) atoms. The molecule has 0 atom stereocenters. The van der Waals surface area contributed by atoms with Gasteiger partial charge in [0.25, 0.3) is 5.91 Å². The van der Waals surface area contributed by atoms with Crippen LogP contribution in [0.4, 0.5) is 0 Å². The molecule has 1 aromatic carbocycles. The predicted octanol–water partition coefficient (Wildman–Crippen LogP) is 3.93. The van der Waals surface area contributed by atoms with Gasteiger partial charge in [0.15, 0.2) is 6.61 Å². The van der Waals surface area contributed by atoms with Crippen molar-refractivity contribution in [3.8, 4) is 5.75 Å². The molecule has 0 aliphatic heterocycles. The molecule has 1 aromatic rings. The van der Waals surface area contributed by atoms with Crippen molar-refractivity contribution in [3.05, 3.63) is 29.3 Å². The van der Waals surface area contributed by atoms with Crippen LogP contribution < -0.4 is 10.2 Å². The van der Waals surface area contributed by atoms with Gasteiger partial charge in [0.2, 0.25) is 0 Å². The van der Waals surface area contributed by atoms with Gasteiger partial charge in [-0.1, -0.05) is 32.4 Å². The Bertz CT molecular complexity index is 542. The Kier molecular flexibility index (Phi) is 5.99. The first kappa shape index (κ1) is 16.5. The number of aryl methyl sites for hydroxylation is 1. The van der Waals surface area contributed by atoms with Crippen LogP contribution in [0.1, 0.15) is 63.0 Å². The number of ether oxygens (including phenoxy) is 1. The summed E-state index contributed by atoms with van der Waals surface area (Å²) >= 11 is 0. The van der Waals surface area contributed by atoms with Crippen LogP contribution in [-0.4, -0.2) is 18.2 Å². The Morgan fingerprint density at radius 1 is 1.27 bits per heavy atom. The fourth-order valence-electron chi connectivity index (χ4n) is 2.52. The van der Waals surface area contributed by atoms with Gasteiger partial charge in [-0.3, -0.25) is 4.79 Å². The number of rotatable bonds is 5. The van der Waals surface area contributed by atoms with Gasteiger partial charge in [-0.15, -0.1) is 0 Å². The molecular formula is C18H26N2O2. The maximum Gasteiger partial charge on any atom is 0.277 e. The zero-order valence-electron chi connectivity index (χ0n) is 13.8. The van der Waals surface area contributed by atoms with E-state index in [1.54, 1.807) is 0 Å². The number of hydrogen-bond acceptors (Lipinski definition) is 3. The minimum Gasteiger partial charge on any atom is -0.483 e. The van der Waals surface area contributed by atoms with E-state index in [0.29, 0.717) is 5.92 Å². The number of carbonyl (C=O) groups is 1. The monoisotopic (exact) mass is 302 g/mol. The van der Waals surface area contributed by atoms with Crippen LogP contribution in [0.5, 0.6) is 5.75 Å². The normalized spacial score (nSPS) is 14.8. The zero-order valence-corrected chi connectivity index (χ0v) is 13.8. The van der Waals surface area contributed by atoms with Crippen LogP contribution in [0.2, 0.25) is 0 Å². The molecule has 120 valence electrons. The standard InChI is InChI=1S/C18H26N2O2/c1-13(2)15-10-9-14(3)17(11-15)22-12-18(21)20-19-16-7-5-4-6-8-16/h9-11,13H,4-8,12H2,1-3H3,(H,20,21). The van der Waals surface area contributed by atoms with Crippen molar-refractivity contribution in [2.45, 2.75) is 58.8 Å². The highest BCUT2D eigenvalue weighted by Gasteiger charge is 2.09. The van der Waals surface area contributed by atoms with Crippen LogP contribution in [0, 0.1) is 6.92 Å². The lowest BCUT2D eigenvalue weighted by Crippen LogP contribution is -2.26. The first-order valence-electron chi connectivity index (χ1n) is 8.14. The van der Waals surface area contributed by atoms with Crippen molar-refractivity contribution in [3.63, 3.8) is 0 Å². The van der Waals surface area contributed by atoms with E-state index in [9.17, 15) is 4.79 Å². The number of benzene rings is 1. The summed E-state index contributed by atoms with van der Waals surface area (Å²) in [6, 6.07) is 6.15. The number of nitrogens with zero attached hydrogens (tertiary/aromatic N) is 1. The third kappa shape index (κ3) is 4.86. The molecule has 0 unspecified atom stereocenters. The van der Waals surface area contributed by atoms with Gasteiger partial charge in [0, 0.05) is 5.71 Å². The highest BCUT2D eigenvalue weighted by molar-refractivity contribution is 5.87. The molecule has 1 N–H and O–H groups in total. The first-order valence-corrected chi connectivity index (χ1v) is 8.14. The Morgan fingerprint density at radius 2 is 2.00 bits per heavy atom. The maximum atomic E-state index is 11.8. The molecule has 1 amide bonds. The van der Waals surface area contributed by atoms with Crippen LogP contribution in [0.25, 0.3) is 0 Å². The van der Waals surface area contributed by atoms with Gasteiger partial charge < -0.3 is 4.74 Å². The van der Waals surface area contributed by atoms with Crippen molar-refractivity contribution in [1.29, 1.82) is 0 Å². The highest BCUT2D eigenvalue weighted by Crippen LogP contribution is 2.24. The van der Waals surface area contributed by atoms with E-state index in [1.165, 1.54) is 24.8 Å². The maximum absolute atomic E-state index is 11.8. The van der Waals surface area contributed by atoms with Gasteiger partial charge >= 0.3 is 0 Å². The molecule has 1 saturated carbocycles. The number of hydrogen-bond donors (Lipinski definition) is 1. The van der Waals surface area contributed by atoms with Crippen molar-refractivity contribution >= 4 is 11.6 Å². The van der Waals surface area contributed by atoms with E-state index in [2.05, 4.69) is 30.4 Å². The second kappa shape index (κ2) is 7.97. The smallest absolute Gasteiger partial charge is 0.277 e. The van der Waals surface area contributed by atoms with E-state index < -0.39 is 0 Å². The fourth-order valence-corrected chi connectivity index (χ4v) is 2.52. The Morgan fingerprint density at radius 3 is 2.68 bits per heavy atom. The van der Waals surface area contributed by atoms with Crippen molar-refractivity contribution < 1.29 is 9.53 Å². The Balaban J connectivity index is 1.86.